The number of rotatable bonds is 5. The van der Waals surface area contributed by atoms with Crippen molar-refractivity contribution in [1.29, 1.82) is 0 Å². The Kier molecular flexibility index (Phi) is 4.63. The Morgan fingerprint density at radius 3 is 2.35 bits per heavy atom. The third-order valence-corrected chi connectivity index (χ3v) is 6.41. The lowest BCUT2D eigenvalue weighted by Crippen LogP contribution is -2.41. The molecule has 3 nitrogen and oxygen atoms in total. The van der Waals surface area contributed by atoms with Gasteiger partial charge >= 0.3 is 5.97 Å². The summed E-state index contributed by atoms with van der Waals surface area (Å²) in [6, 6.07) is 8.50. The fourth-order valence-corrected chi connectivity index (χ4v) is 3.86. The molecule has 0 saturated carbocycles. The van der Waals surface area contributed by atoms with Crippen LogP contribution in [0.1, 0.15) is 16.8 Å². The number of methoxy groups -OCH3 is 1. The van der Waals surface area contributed by atoms with Crippen LogP contribution >= 0.6 is 0 Å². The van der Waals surface area contributed by atoms with Crippen LogP contribution in [0.25, 0.3) is 0 Å². The maximum absolute atomic E-state index is 11.1. The number of aldehydes is 1. The second kappa shape index (κ2) is 5.77. The molecule has 4 heteroatoms. The lowest BCUT2D eigenvalue weighted by atomic mass is 10.2. The van der Waals surface area contributed by atoms with Crippen LogP contribution < -0.4 is 5.19 Å². The van der Waals surface area contributed by atoms with Gasteiger partial charge in [-0.1, -0.05) is 42.5 Å². The predicted molar refractivity (Wildman–Crippen MR) is 70.4 cm³/mol. The van der Waals surface area contributed by atoms with Crippen LogP contribution in [0.2, 0.25) is 19.1 Å². The van der Waals surface area contributed by atoms with Gasteiger partial charge in [0, 0.05) is 12.0 Å². The summed E-state index contributed by atoms with van der Waals surface area (Å²) >= 11 is 0. The summed E-state index contributed by atoms with van der Waals surface area (Å²) in [4.78, 5) is 21.7. The lowest BCUT2D eigenvalue weighted by molar-refractivity contribution is -0.140. The number of carbonyl (C=O) groups is 2. The molecule has 0 saturated heterocycles. The molecule has 0 bridgehead atoms. The van der Waals surface area contributed by atoms with Crippen LogP contribution in [0.5, 0.6) is 0 Å². The molecule has 0 atom stereocenters. The number of benzene rings is 1. The van der Waals surface area contributed by atoms with Crippen molar-refractivity contribution >= 4 is 25.5 Å². The molecule has 0 fully saturated rings. The molecular formula is C13H18O3Si. The minimum absolute atomic E-state index is 0.157. The zero-order valence-electron chi connectivity index (χ0n) is 10.5. The van der Waals surface area contributed by atoms with Gasteiger partial charge in [-0.25, -0.2) is 0 Å². The highest BCUT2D eigenvalue weighted by Crippen LogP contribution is 2.13. The van der Waals surface area contributed by atoms with E-state index in [1.807, 2.05) is 24.3 Å². The van der Waals surface area contributed by atoms with Gasteiger partial charge in [0.05, 0.1) is 15.2 Å². The van der Waals surface area contributed by atoms with Crippen molar-refractivity contribution in [2.24, 2.45) is 0 Å². The lowest BCUT2D eigenvalue weighted by Gasteiger charge is -2.22. The summed E-state index contributed by atoms with van der Waals surface area (Å²) < 4.78 is 4.65. The van der Waals surface area contributed by atoms with Crippen LogP contribution in [0.15, 0.2) is 24.3 Å². The molecule has 0 unspecified atom stereocenters. The van der Waals surface area contributed by atoms with E-state index in [2.05, 4.69) is 17.8 Å². The zero-order chi connectivity index (χ0) is 12.9. The SMILES string of the molecule is COC(=O)CC[Si](C)(C)c1ccc(C=O)cc1. The number of esters is 1. The summed E-state index contributed by atoms with van der Waals surface area (Å²) in [6.07, 6.45) is 1.30. The van der Waals surface area contributed by atoms with E-state index in [4.69, 9.17) is 0 Å². The first-order chi connectivity index (χ1) is 7.99. The van der Waals surface area contributed by atoms with E-state index in [1.54, 1.807) is 0 Å². The van der Waals surface area contributed by atoms with E-state index in [0.29, 0.717) is 12.0 Å². The molecule has 0 heterocycles. The molecule has 1 aromatic rings. The van der Waals surface area contributed by atoms with Crippen LogP contribution in [-0.4, -0.2) is 27.4 Å². The van der Waals surface area contributed by atoms with Crippen LogP contribution in [0.4, 0.5) is 0 Å². The van der Waals surface area contributed by atoms with Gasteiger partial charge in [0.25, 0.3) is 0 Å². The van der Waals surface area contributed by atoms with Crippen LogP contribution in [-0.2, 0) is 9.53 Å². The van der Waals surface area contributed by atoms with E-state index < -0.39 is 8.07 Å². The maximum atomic E-state index is 11.1. The Morgan fingerprint density at radius 2 is 1.88 bits per heavy atom. The van der Waals surface area contributed by atoms with Gasteiger partial charge in [-0.3, -0.25) is 9.59 Å². The number of hydrogen-bond acceptors (Lipinski definition) is 3. The van der Waals surface area contributed by atoms with Crippen molar-refractivity contribution in [3.05, 3.63) is 29.8 Å². The molecule has 17 heavy (non-hydrogen) atoms. The zero-order valence-corrected chi connectivity index (χ0v) is 11.5. The first-order valence-electron chi connectivity index (χ1n) is 5.62. The monoisotopic (exact) mass is 250 g/mol. The highest BCUT2D eigenvalue weighted by Gasteiger charge is 2.24. The minimum atomic E-state index is -1.61. The summed E-state index contributed by atoms with van der Waals surface area (Å²) in [5, 5.41) is 1.26. The Morgan fingerprint density at radius 1 is 1.29 bits per heavy atom. The van der Waals surface area contributed by atoms with Gasteiger partial charge in [-0.05, 0) is 6.04 Å². The van der Waals surface area contributed by atoms with Gasteiger partial charge < -0.3 is 4.74 Å². The number of carbonyl (C=O) groups excluding carboxylic acids is 2. The minimum Gasteiger partial charge on any atom is -0.469 e. The van der Waals surface area contributed by atoms with Crippen molar-refractivity contribution in [3.63, 3.8) is 0 Å². The first-order valence-corrected chi connectivity index (χ1v) is 8.83. The molecule has 0 aromatic heterocycles. The van der Waals surface area contributed by atoms with Gasteiger partial charge in [0.15, 0.2) is 0 Å². The maximum Gasteiger partial charge on any atom is 0.305 e. The molecule has 0 N–H and O–H groups in total. The average molecular weight is 250 g/mol. The topological polar surface area (TPSA) is 43.4 Å². The normalized spacial score (nSPS) is 11.0. The van der Waals surface area contributed by atoms with Crippen molar-refractivity contribution in [2.45, 2.75) is 25.6 Å². The third-order valence-electron chi connectivity index (χ3n) is 3.01. The summed E-state index contributed by atoms with van der Waals surface area (Å²) in [5.41, 5.74) is 0.687. The molecule has 1 rings (SSSR count). The molecule has 92 valence electrons. The molecule has 0 aliphatic rings. The molecule has 0 radical (unpaired) electrons. The fraction of sp³-hybridized carbons (Fsp3) is 0.385. The molecule has 0 aliphatic heterocycles. The Labute approximate surface area is 103 Å². The van der Waals surface area contributed by atoms with Gasteiger partial charge in [-0.2, -0.15) is 0 Å². The van der Waals surface area contributed by atoms with Crippen molar-refractivity contribution in [2.75, 3.05) is 7.11 Å². The number of ether oxygens (including phenoxy) is 1. The van der Waals surface area contributed by atoms with E-state index in [0.717, 1.165) is 12.3 Å². The highest BCUT2D eigenvalue weighted by molar-refractivity contribution is 6.89. The smallest absolute Gasteiger partial charge is 0.305 e. The molecule has 0 amide bonds. The van der Waals surface area contributed by atoms with Crippen molar-refractivity contribution in [1.82, 2.24) is 0 Å². The quantitative estimate of drug-likeness (QED) is 0.456. The average Bonchev–Trinajstić information content (AvgIpc) is 2.36. The second-order valence-corrected chi connectivity index (χ2v) is 9.54. The summed E-state index contributed by atoms with van der Waals surface area (Å²) in [5.74, 6) is -0.157. The Bertz CT molecular complexity index is 396. The molecule has 1 aromatic carbocycles. The van der Waals surface area contributed by atoms with Gasteiger partial charge in [-0.15, -0.1) is 0 Å². The van der Waals surface area contributed by atoms with Crippen molar-refractivity contribution < 1.29 is 14.3 Å². The third kappa shape index (κ3) is 3.82. The van der Waals surface area contributed by atoms with Gasteiger partial charge in [0.2, 0.25) is 0 Å². The van der Waals surface area contributed by atoms with Crippen LogP contribution in [0, 0.1) is 0 Å². The van der Waals surface area contributed by atoms with E-state index in [9.17, 15) is 9.59 Å². The summed E-state index contributed by atoms with van der Waals surface area (Å²) in [6.45, 7) is 4.43. The first kappa shape index (κ1) is 13.6. The largest absolute Gasteiger partial charge is 0.469 e. The predicted octanol–water partition coefficient (Wildman–Crippen LogP) is 1.98. The Hall–Kier alpha value is -1.42. The van der Waals surface area contributed by atoms with Crippen LogP contribution in [0.3, 0.4) is 0 Å². The standard InChI is InChI=1S/C13H18O3Si/c1-16-13(15)8-9-17(2,3)12-6-4-11(10-14)5-7-12/h4-7,10H,8-9H2,1-3H3. The summed E-state index contributed by atoms with van der Waals surface area (Å²) in [7, 11) is -0.198. The Balaban J connectivity index is 2.74. The fourth-order valence-electron chi connectivity index (χ4n) is 1.67. The number of hydrogen-bond donors (Lipinski definition) is 0. The molecule has 0 spiro atoms. The molecular weight excluding hydrogens is 232 g/mol. The van der Waals surface area contributed by atoms with E-state index in [1.165, 1.54) is 12.3 Å². The highest BCUT2D eigenvalue weighted by atomic mass is 28.3. The van der Waals surface area contributed by atoms with E-state index in [-0.39, 0.29) is 5.97 Å². The van der Waals surface area contributed by atoms with Gasteiger partial charge in [0.1, 0.15) is 6.29 Å². The van der Waals surface area contributed by atoms with Crippen molar-refractivity contribution in [3.8, 4) is 0 Å². The van der Waals surface area contributed by atoms with E-state index >= 15 is 0 Å². The molecule has 0 aliphatic carbocycles. The second-order valence-electron chi connectivity index (χ2n) is 4.70.